The van der Waals surface area contributed by atoms with Crippen molar-refractivity contribution in [3.63, 3.8) is 0 Å². The highest BCUT2D eigenvalue weighted by Crippen LogP contribution is 2.34. The Balaban J connectivity index is 1.99. The number of hydrogen-bond donors (Lipinski definition) is 5. The first kappa shape index (κ1) is 33.7. The zero-order chi connectivity index (χ0) is 32.6. The molecule has 1 atom stereocenters. The number of esters is 1. The van der Waals surface area contributed by atoms with E-state index in [1.54, 1.807) is 31.2 Å². The van der Waals surface area contributed by atoms with E-state index in [2.05, 4.69) is 36.8 Å². The van der Waals surface area contributed by atoms with Crippen LogP contribution in [0.15, 0.2) is 65.1 Å². The summed E-state index contributed by atoms with van der Waals surface area (Å²) in [6, 6.07) is 13.2. The summed E-state index contributed by atoms with van der Waals surface area (Å²) >= 11 is 3.28. The summed E-state index contributed by atoms with van der Waals surface area (Å²) in [5.74, 6) is -4.53. The zero-order valence-electron chi connectivity index (χ0n) is 23.7. The van der Waals surface area contributed by atoms with E-state index in [0.29, 0.717) is 17.1 Å². The Kier molecular flexibility index (Phi) is 11.2. The first-order valence-corrected chi connectivity index (χ1v) is 13.8. The van der Waals surface area contributed by atoms with Gasteiger partial charge in [0, 0.05) is 21.8 Å². The van der Waals surface area contributed by atoms with E-state index in [1.165, 1.54) is 24.3 Å². The Hall–Kier alpha value is -4.79. The molecule has 0 saturated carbocycles. The fourth-order valence-corrected chi connectivity index (χ4v) is 4.00. The van der Waals surface area contributed by atoms with Crippen molar-refractivity contribution in [3.05, 3.63) is 81.8 Å². The zero-order valence-corrected chi connectivity index (χ0v) is 25.3. The van der Waals surface area contributed by atoms with E-state index in [9.17, 15) is 27.6 Å². The molecule has 0 aliphatic carbocycles. The summed E-state index contributed by atoms with van der Waals surface area (Å²) in [5, 5.41) is 10.5. The van der Waals surface area contributed by atoms with Crippen molar-refractivity contribution in [1.82, 2.24) is 10.9 Å². The van der Waals surface area contributed by atoms with Crippen LogP contribution < -0.4 is 36.1 Å². The number of nitrogens with two attached hydrogens (primary N) is 1. The number of amidine groups is 1. The Bertz CT molecular complexity index is 1530. The van der Waals surface area contributed by atoms with Crippen LogP contribution in [0.5, 0.6) is 17.2 Å². The van der Waals surface area contributed by atoms with Gasteiger partial charge in [-0.25, -0.2) is 4.79 Å². The highest BCUT2D eigenvalue weighted by molar-refractivity contribution is 9.10. The molecule has 3 aromatic rings. The van der Waals surface area contributed by atoms with Crippen molar-refractivity contribution in [2.45, 2.75) is 39.1 Å². The molecule has 0 fully saturated rings. The molecule has 44 heavy (non-hydrogen) atoms. The van der Waals surface area contributed by atoms with E-state index in [1.807, 2.05) is 13.8 Å². The second-order valence-electron chi connectivity index (χ2n) is 9.35. The van der Waals surface area contributed by atoms with Crippen molar-refractivity contribution in [2.75, 3.05) is 11.9 Å². The van der Waals surface area contributed by atoms with Crippen LogP contribution in [0.25, 0.3) is 0 Å². The predicted octanol–water partition coefficient (Wildman–Crippen LogP) is 5.00. The molecule has 2 amide bonds. The summed E-state index contributed by atoms with van der Waals surface area (Å²) in [6.45, 7) is 5.67. The number of amides is 2. The molecule has 0 aliphatic rings. The van der Waals surface area contributed by atoms with Crippen LogP contribution in [0.4, 0.5) is 18.9 Å². The average molecular weight is 680 g/mol. The number of ether oxygens (including phenoxy) is 3. The van der Waals surface area contributed by atoms with Gasteiger partial charge in [-0.3, -0.25) is 25.8 Å². The molecule has 3 aromatic carbocycles. The number of anilines is 1. The topological polar surface area (TPSA) is 165 Å². The molecule has 15 heteroatoms. The summed E-state index contributed by atoms with van der Waals surface area (Å²) < 4.78 is 55.5. The molecule has 0 radical (unpaired) electrons. The van der Waals surface area contributed by atoms with E-state index >= 15 is 0 Å². The monoisotopic (exact) mass is 679 g/mol. The average Bonchev–Trinajstić information content (AvgIpc) is 2.95. The summed E-state index contributed by atoms with van der Waals surface area (Å²) in [5.41, 5.74) is 10.4. The number of carbonyl (C=O) groups excluding carboxylic acids is 3. The van der Waals surface area contributed by atoms with Crippen LogP contribution in [0.3, 0.4) is 0 Å². The molecule has 0 aromatic heterocycles. The molecule has 1 unspecified atom stereocenters. The van der Waals surface area contributed by atoms with Gasteiger partial charge in [0.25, 0.3) is 11.8 Å². The van der Waals surface area contributed by atoms with Gasteiger partial charge in [-0.1, -0.05) is 22.0 Å². The van der Waals surface area contributed by atoms with Gasteiger partial charge in [-0.05, 0) is 74.9 Å². The van der Waals surface area contributed by atoms with Crippen LogP contribution >= 0.6 is 15.9 Å². The molecule has 0 bridgehead atoms. The maximum atomic E-state index is 13.5. The lowest BCUT2D eigenvalue weighted by Gasteiger charge is -2.23. The van der Waals surface area contributed by atoms with Gasteiger partial charge in [0.15, 0.2) is 11.5 Å². The largest absolute Gasteiger partial charge is 0.491 e. The highest BCUT2D eigenvalue weighted by Gasteiger charge is 2.42. The third-order valence-electron chi connectivity index (χ3n) is 5.65. The molecule has 3 rings (SSSR count). The van der Waals surface area contributed by atoms with Crippen molar-refractivity contribution in [3.8, 4) is 17.2 Å². The molecular weight excluding hydrogens is 651 g/mol. The SMILES string of the molecule is CCOc1cc(C(Nc2ccc(C(=N)N)c(OC(=O)C(F)(F)F)c2)C(=O)NNC(=O)c2ccc(Br)cc2)ccc1OC(C)C. The van der Waals surface area contributed by atoms with Gasteiger partial charge < -0.3 is 25.3 Å². The van der Waals surface area contributed by atoms with Crippen LogP contribution in [0, 0.1) is 5.41 Å². The number of nitrogens with one attached hydrogen (secondary N) is 4. The first-order chi connectivity index (χ1) is 20.7. The molecule has 234 valence electrons. The van der Waals surface area contributed by atoms with E-state index in [4.69, 9.17) is 20.6 Å². The second kappa shape index (κ2) is 14.6. The smallest absolute Gasteiger partial charge is 0.490 e. The van der Waals surface area contributed by atoms with Crippen molar-refractivity contribution in [2.24, 2.45) is 5.73 Å². The van der Waals surface area contributed by atoms with Crippen molar-refractivity contribution >= 4 is 45.2 Å². The van der Waals surface area contributed by atoms with Crippen LogP contribution in [-0.4, -0.2) is 42.5 Å². The fraction of sp³-hybridized carbons (Fsp3) is 0.241. The Morgan fingerprint density at radius 3 is 2.23 bits per heavy atom. The Morgan fingerprint density at radius 2 is 1.64 bits per heavy atom. The third kappa shape index (κ3) is 9.10. The van der Waals surface area contributed by atoms with Crippen molar-refractivity contribution in [1.29, 1.82) is 5.41 Å². The minimum Gasteiger partial charge on any atom is -0.490 e. The highest BCUT2D eigenvalue weighted by atomic mass is 79.9. The Morgan fingerprint density at radius 1 is 0.955 bits per heavy atom. The maximum Gasteiger partial charge on any atom is 0.491 e. The first-order valence-electron chi connectivity index (χ1n) is 13.0. The number of rotatable bonds is 11. The number of hydrazine groups is 1. The number of alkyl halides is 3. The van der Waals surface area contributed by atoms with E-state index in [0.717, 1.165) is 16.6 Å². The number of hydrogen-bond acceptors (Lipinski definition) is 8. The second-order valence-corrected chi connectivity index (χ2v) is 10.3. The fourth-order valence-electron chi connectivity index (χ4n) is 3.73. The van der Waals surface area contributed by atoms with Crippen LogP contribution in [0.1, 0.15) is 48.3 Å². The van der Waals surface area contributed by atoms with Gasteiger partial charge in [-0.2, -0.15) is 13.2 Å². The number of carbonyl (C=O) groups is 3. The molecule has 6 N–H and O–H groups in total. The maximum absolute atomic E-state index is 13.5. The van der Waals surface area contributed by atoms with E-state index in [-0.39, 0.29) is 29.5 Å². The third-order valence-corrected chi connectivity index (χ3v) is 6.18. The van der Waals surface area contributed by atoms with Gasteiger partial charge >= 0.3 is 12.1 Å². The Labute approximate surface area is 258 Å². The number of halogens is 4. The van der Waals surface area contributed by atoms with Crippen molar-refractivity contribution < 1.29 is 41.8 Å². The van der Waals surface area contributed by atoms with Gasteiger partial charge in [-0.15, -0.1) is 0 Å². The van der Waals surface area contributed by atoms with Gasteiger partial charge in [0.1, 0.15) is 17.6 Å². The van der Waals surface area contributed by atoms with Crippen LogP contribution in [0.2, 0.25) is 0 Å². The minimum atomic E-state index is -5.32. The number of benzene rings is 3. The minimum absolute atomic E-state index is 0.0137. The normalized spacial score (nSPS) is 11.7. The van der Waals surface area contributed by atoms with Gasteiger partial charge in [0.05, 0.1) is 18.3 Å². The molecule has 0 heterocycles. The lowest BCUT2D eigenvalue weighted by atomic mass is 10.0. The standard InChI is InChI=1S/C29H29BrF3N5O6/c1-4-42-23-13-17(7-12-21(23)43-15(2)3)24(27(40)38-37-26(39)16-5-8-18(30)9-6-16)36-19-10-11-20(25(34)35)22(14-19)44-28(41)29(31,32)33/h5-15,24,36H,4H2,1-3H3,(H3,34,35)(H,37,39)(H,38,40). The quantitative estimate of drug-likeness (QED) is 0.0621. The molecule has 11 nitrogen and oxygen atoms in total. The lowest BCUT2D eigenvalue weighted by Crippen LogP contribution is -2.45. The summed E-state index contributed by atoms with van der Waals surface area (Å²) in [7, 11) is 0. The van der Waals surface area contributed by atoms with Crippen LogP contribution in [-0.2, 0) is 9.59 Å². The molecule has 0 saturated heterocycles. The van der Waals surface area contributed by atoms with Gasteiger partial charge in [0.2, 0.25) is 0 Å². The number of nitrogen functional groups attached to an aromatic ring is 1. The summed E-state index contributed by atoms with van der Waals surface area (Å²) in [4.78, 5) is 37.7. The van der Waals surface area contributed by atoms with E-state index < -0.39 is 41.6 Å². The summed E-state index contributed by atoms with van der Waals surface area (Å²) in [6.07, 6.45) is -5.51. The molecule has 0 spiro atoms. The predicted molar refractivity (Wildman–Crippen MR) is 159 cm³/mol. The molecule has 0 aliphatic heterocycles. The lowest BCUT2D eigenvalue weighted by molar-refractivity contribution is -0.189. The molecular formula is C29H29BrF3N5O6.